The largest absolute Gasteiger partial charge is 0.351 e. The fraction of sp³-hybridized carbons (Fsp3) is 0.500. The lowest BCUT2D eigenvalue weighted by Gasteiger charge is -2.00. The second-order valence-electron chi connectivity index (χ2n) is 3.45. The van der Waals surface area contributed by atoms with Gasteiger partial charge in [-0.1, -0.05) is 19.9 Å². The summed E-state index contributed by atoms with van der Waals surface area (Å²) in [6, 6.07) is 0. The monoisotopic (exact) mass is 177 g/mol. The lowest BCUT2D eigenvalue weighted by atomic mass is 10.1. The van der Waals surface area contributed by atoms with E-state index in [0.717, 1.165) is 12.8 Å². The molecule has 0 bridgehead atoms. The first-order chi connectivity index (χ1) is 6.20. The van der Waals surface area contributed by atoms with Crippen LogP contribution in [0.5, 0.6) is 0 Å². The molecule has 0 N–H and O–H groups in total. The first kappa shape index (κ1) is 10.1. The van der Waals surface area contributed by atoms with E-state index in [-0.39, 0.29) is 0 Å². The third kappa shape index (κ3) is 2.03. The topological polar surface area (TPSA) is 4.93 Å². The van der Waals surface area contributed by atoms with E-state index in [1.54, 1.807) is 0 Å². The number of allylic oxidation sites excluding steroid dienone is 1. The van der Waals surface area contributed by atoms with Gasteiger partial charge >= 0.3 is 0 Å². The Bertz CT molecular complexity index is 305. The first-order valence-electron chi connectivity index (χ1n) is 5.02. The fourth-order valence-corrected chi connectivity index (χ4v) is 1.76. The van der Waals surface area contributed by atoms with Gasteiger partial charge in [-0.2, -0.15) is 0 Å². The molecule has 1 aromatic rings. The van der Waals surface area contributed by atoms with E-state index in [2.05, 4.69) is 50.7 Å². The van der Waals surface area contributed by atoms with Crippen molar-refractivity contribution in [2.75, 3.05) is 0 Å². The number of rotatable bonds is 3. The molecule has 0 saturated heterocycles. The molecular weight excluding hydrogens is 158 g/mol. The summed E-state index contributed by atoms with van der Waals surface area (Å²) in [5, 5.41) is 0. The van der Waals surface area contributed by atoms with Crippen molar-refractivity contribution in [1.82, 2.24) is 4.57 Å². The van der Waals surface area contributed by atoms with E-state index in [9.17, 15) is 0 Å². The van der Waals surface area contributed by atoms with Gasteiger partial charge in [0.15, 0.2) is 0 Å². The second kappa shape index (κ2) is 4.31. The maximum absolute atomic E-state index is 2.23. The van der Waals surface area contributed by atoms with Crippen molar-refractivity contribution < 1.29 is 0 Å². The molecule has 0 aliphatic heterocycles. The highest BCUT2D eigenvalue weighted by atomic mass is 14.9. The van der Waals surface area contributed by atoms with Crippen LogP contribution in [0, 0.1) is 6.92 Å². The summed E-state index contributed by atoms with van der Waals surface area (Å²) in [5.41, 5.74) is 4.25. The number of aryl methyl sites for hydroxylation is 2. The standard InChI is InChI=1S/C12H19N/c1-5-7-8-12-11(6-2)10(3)9-13(12)4/h7-9H,5-6H2,1-4H3/b8-7-. The lowest BCUT2D eigenvalue weighted by molar-refractivity contribution is 0.903. The molecule has 0 aliphatic carbocycles. The molecule has 1 aromatic heterocycles. The minimum Gasteiger partial charge on any atom is -0.351 e. The van der Waals surface area contributed by atoms with E-state index < -0.39 is 0 Å². The molecule has 0 amide bonds. The Morgan fingerprint density at radius 1 is 1.38 bits per heavy atom. The van der Waals surface area contributed by atoms with Gasteiger partial charge in [0, 0.05) is 18.9 Å². The van der Waals surface area contributed by atoms with Gasteiger partial charge in [0.05, 0.1) is 0 Å². The van der Waals surface area contributed by atoms with E-state index in [0.29, 0.717) is 0 Å². The van der Waals surface area contributed by atoms with Gasteiger partial charge in [0.2, 0.25) is 0 Å². The highest BCUT2D eigenvalue weighted by molar-refractivity contribution is 5.53. The van der Waals surface area contributed by atoms with Crippen molar-refractivity contribution in [1.29, 1.82) is 0 Å². The van der Waals surface area contributed by atoms with Crippen LogP contribution in [0.25, 0.3) is 6.08 Å². The molecule has 1 heterocycles. The molecule has 0 aliphatic rings. The summed E-state index contributed by atoms with van der Waals surface area (Å²) in [7, 11) is 2.11. The van der Waals surface area contributed by atoms with Crippen LogP contribution in [-0.2, 0) is 13.5 Å². The van der Waals surface area contributed by atoms with Gasteiger partial charge in [-0.3, -0.25) is 0 Å². The predicted molar refractivity (Wildman–Crippen MR) is 58.9 cm³/mol. The maximum Gasteiger partial charge on any atom is 0.0436 e. The minimum atomic E-state index is 1.10. The number of aromatic nitrogens is 1. The molecule has 1 rings (SSSR count). The Balaban J connectivity index is 3.09. The molecule has 72 valence electrons. The molecule has 0 radical (unpaired) electrons. The molecule has 0 saturated carbocycles. The smallest absolute Gasteiger partial charge is 0.0436 e. The third-order valence-electron chi connectivity index (χ3n) is 2.42. The van der Waals surface area contributed by atoms with Gasteiger partial charge in [0.25, 0.3) is 0 Å². The molecule has 0 atom stereocenters. The Labute approximate surface area is 81.1 Å². The SMILES string of the molecule is CC/C=C\c1c(CC)c(C)cn1C. The van der Waals surface area contributed by atoms with Gasteiger partial charge in [-0.15, -0.1) is 0 Å². The zero-order valence-electron chi connectivity index (χ0n) is 9.09. The molecule has 0 spiro atoms. The number of hydrogen-bond donors (Lipinski definition) is 0. The molecule has 0 aromatic carbocycles. The lowest BCUT2D eigenvalue weighted by Crippen LogP contribution is -1.91. The summed E-state index contributed by atoms with van der Waals surface area (Å²) >= 11 is 0. The van der Waals surface area contributed by atoms with Crippen LogP contribution in [0.4, 0.5) is 0 Å². The zero-order valence-corrected chi connectivity index (χ0v) is 9.09. The van der Waals surface area contributed by atoms with Gasteiger partial charge in [-0.25, -0.2) is 0 Å². The van der Waals surface area contributed by atoms with Crippen LogP contribution in [0.1, 0.15) is 37.1 Å². The van der Waals surface area contributed by atoms with Crippen LogP contribution >= 0.6 is 0 Å². The normalized spacial score (nSPS) is 11.4. The quantitative estimate of drug-likeness (QED) is 0.667. The van der Waals surface area contributed by atoms with Crippen LogP contribution < -0.4 is 0 Å². The Kier molecular flexibility index (Phi) is 3.35. The van der Waals surface area contributed by atoms with Crippen LogP contribution in [0.15, 0.2) is 12.3 Å². The van der Waals surface area contributed by atoms with E-state index in [1.165, 1.54) is 16.8 Å². The zero-order chi connectivity index (χ0) is 9.84. The van der Waals surface area contributed by atoms with Crippen molar-refractivity contribution in [2.45, 2.75) is 33.6 Å². The molecule has 1 nitrogen and oxygen atoms in total. The number of nitrogens with zero attached hydrogens (tertiary/aromatic N) is 1. The van der Waals surface area contributed by atoms with Crippen molar-refractivity contribution in [2.24, 2.45) is 7.05 Å². The van der Waals surface area contributed by atoms with Gasteiger partial charge in [0.1, 0.15) is 0 Å². The van der Waals surface area contributed by atoms with Crippen molar-refractivity contribution in [3.63, 3.8) is 0 Å². The maximum atomic E-state index is 2.23. The van der Waals surface area contributed by atoms with Crippen molar-refractivity contribution in [3.05, 3.63) is 29.1 Å². The fourth-order valence-electron chi connectivity index (χ4n) is 1.76. The predicted octanol–water partition coefficient (Wildman–Crippen LogP) is 3.32. The summed E-state index contributed by atoms with van der Waals surface area (Å²) in [6.45, 7) is 6.56. The van der Waals surface area contributed by atoms with Crippen LogP contribution in [0.2, 0.25) is 0 Å². The van der Waals surface area contributed by atoms with Crippen molar-refractivity contribution in [3.8, 4) is 0 Å². The first-order valence-corrected chi connectivity index (χ1v) is 5.02. The molecular formula is C12H19N. The second-order valence-corrected chi connectivity index (χ2v) is 3.45. The van der Waals surface area contributed by atoms with Gasteiger partial charge < -0.3 is 4.57 Å². The average molecular weight is 177 g/mol. The van der Waals surface area contributed by atoms with E-state index in [1.807, 2.05) is 0 Å². The molecule has 13 heavy (non-hydrogen) atoms. The Hall–Kier alpha value is -0.980. The van der Waals surface area contributed by atoms with Crippen LogP contribution in [0.3, 0.4) is 0 Å². The van der Waals surface area contributed by atoms with Crippen molar-refractivity contribution >= 4 is 6.08 Å². The Morgan fingerprint density at radius 2 is 2.08 bits per heavy atom. The third-order valence-corrected chi connectivity index (χ3v) is 2.42. The highest BCUT2D eigenvalue weighted by Crippen LogP contribution is 2.18. The summed E-state index contributed by atoms with van der Waals surface area (Å²) in [4.78, 5) is 0. The highest BCUT2D eigenvalue weighted by Gasteiger charge is 2.05. The van der Waals surface area contributed by atoms with E-state index in [4.69, 9.17) is 0 Å². The van der Waals surface area contributed by atoms with Crippen LogP contribution in [-0.4, -0.2) is 4.57 Å². The molecule has 0 unspecified atom stereocenters. The molecule has 1 heteroatoms. The summed E-state index contributed by atoms with van der Waals surface area (Å²) in [6.07, 6.45) is 8.87. The summed E-state index contributed by atoms with van der Waals surface area (Å²) in [5.74, 6) is 0. The van der Waals surface area contributed by atoms with Gasteiger partial charge in [-0.05, 0) is 37.0 Å². The minimum absolute atomic E-state index is 1.10. The Morgan fingerprint density at radius 3 is 2.62 bits per heavy atom. The number of hydrogen-bond acceptors (Lipinski definition) is 0. The average Bonchev–Trinajstić information content (AvgIpc) is 2.37. The molecule has 0 fully saturated rings. The summed E-state index contributed by atoms with van der Waals surface area (Å²) < 4.78 is 2.21. The van der Waals surface area contributed by atoms with E-state index >= 15 is 0 Å².